The molecule has 0 aliphatic rings. The maximum atomic E-state index is 13.9. The molecule has 0 amide bonds. The lowest BCUT2D eigenvalue weighted by Crippen LogP contribution is -2.37. The fourth-order valence-electron chi connectivity index (χ4n) is 2.53. The van der Waals surface area contributed by atoms with E-state index < -0.39 is 0 Å². The molecular formula is C16H27FN2. The van der Waals surface area contributed by atoms with Crippen molar-refractivity contribution in [3.8, 4) is 0 Å². The molecule has 3 atom stereocenters. The van der Waals surface area contributed by atoms with Gasteiger partial charge in [-0.25, -0.2) is 4.39 Å². The van der Waals surface area contributed by atoms with Gasteiger partial charge in [-0.3, -0.25) is 0 Å². The predicted molar refractivity (Wildman–Crippen MR) is 79.7 cm³/mol. The molecule has 108 valence electrons. The van der Waals surface area contributed by atoms with Crippen LogP contribution in [0.3, 0.4) is 0 Å². The molecular weight excluding hydrogens is 239 g/mol. The summed E-state index contributed by atoms with van der Waals surface area (Å²) in [6.45, 7) is 7.55. The Bertz CT molecular complexity index is 381. The number of nitrogens with zero attached hydrogens (tertiary/aromatic N) is 1. The Morgan fingerprint density at radius 1 is 1.26 bits per heavy atom. The van der Waals surface area contributed by atoms with Crippen molar-refractivity contribution in [2.45, 2.75) is 39.3 Å². The number of benzene rings is 1. The maximum Gasteiger partial charge on any atom is 0.127 e. The van der Waals surface area contributed by atoms with Gasteiger partial charge in [0.2, 0.25) is 0 Å². The monoisotopic (exact) mass is 266 g/mol. The third-order valence-corrected chi connectivity index (χ3v) is 4.04. The molecule has 0 aromatic heterocycles. The minimum Gasteiger partial charge on any atom is -0.313 e. The van der Waals surface area contributed by atoms with Gasteiger partial charge in [0.1, 0.15) is 5.82 Å². The first-order valence-electron chi connectivity index (χ1n) is 7.13. The van der Waals surface area contributed by atoms with Gasteiger partial charge in [-0.1, -0.05) is 32.0 Å². The van der Waals surface area contributed by atoms with Gasteiger partial charge >= 0.3 is 0 Å². The van der Waals surface area contributed by atoms with Crippen LogP contribution in [0.1, 0.15) is 38.8 Å². The van der Waals surface area contributed by atoms with Crippen molar-refractivity contribution in [2.24, 2.45) is 5.92 Å². The van der Waals surface area contributed by atoms with E-state index >= 15 is 0 Å². The molecule has 2 nitrogen and oxygen atoms in total. The molecule has 1 aromatic carbocycles. The van der Waals surface area contributed by atoms with Crippen molar-refractivity contribution < 1.29 is 4.39 Å². The van der Waals surface area contributed by atoms with Gasteiger partial charge in [-0.15, -0.1) is 0 Å². The normalized spacial score (nSPS) is 16.4. The van der Waals surface area contributed by atoms with Crippen LogP contribution in [0.25, 0.3) is 0 Å². The number of rotatable bonds is 7. The fourth-order valence-corrected chi connectivity index (χ4v) is 2.53. The summed E-state index contributed by atoms with van der Waals surface area (Å²) in [6, 6.07) is 7.64. The van der Waals surface area contributed by atoms with E-state index in [0.29, 0.717) is 12.0 Å². The molecule has 0 spiro atoms. The average Bonchev–Trinajstić information content (AvgIpc) is 2.40. The van der Waals surface area contributed by atoms with Crippen LogP contribution < -0.4 is 5.32 Å². The lowest BCUT2D eigenvalue weighted by Gasteiger charge is -2.31. The van der Waals surface area contributed by atoms with Crippen molar-refractivity contribution in [2.75, 3.05) is 20.6 Å². The first kappa shape index (κ1) is 16.1. The van der Waals surface area contributed by atoms with Crippen molar-refractivity contribution >= 4 is 0 Å². The van der Waals surface area contributed by atoms with Crippen molar-refractivity contribution in [3.05, 3.63) is 35.6 Å². The van der Waals surface area contributed by atoms with Crippen LogP contribution in [-0.2, 0) is 0 Å². The standard InChI is InChI=1S/C16H27FN2/c1-6-13(3)19(5)11-12(2)16(18-4)14-9-7-8-10-15(14)17/h7-10,12-13,16,18H,6,11H2,1-5H3. The van der Waals surface area contributed by atoms with Crippen LogP contribution in [-0.4, -0.2) is 31.6 Å². The summed E-state index contributed by atoms with van der Waals surface area (Å²) >= 11 is 0. The molecule has 0 aliphatic carbocycles. The average molecular weight is 266 g/mol. The molecule has 0 radical (unpaired) electrons. The Morgan fingerprint density at radius 2 is 1.89 bits per heavy atom. The van der Waals surface area contributed by atoms with E-state index in [0.717, 1.165) is 18.5 Å². The number of hydrogen-bond donors (Lipinski definition) is 1. The molecule has 3 unspecified atom stereocenters. The molecule has 0 fully saturated rings. The lowest BCUT2D eigenvalue weighted by atomic mass is 9.93. The molecule has 1 N–H and O–H groups in total. The summed E-state index contributed by atoms with van der Waals surface area (Å²) in [7, 11) is 4.04. The van der Waals surface area contributed by atoms with Crippen LogP contribution in [0.4, 0.5) is 4.39 Å². The molecule has 0 aliphatic heterocycles. The molecule has 19 heavy (non-hydrogen) atoms. The molecule has 0 bridgehead atoms. The molecule has 0 saturated heterocycles. The van der Waals surface area contributed by atoms with E-state index in [9.17, 15) is 4.39 Å². The molecule has 3 heteroatoms. The molecule has 1 aromatic rings. The fraction of sp³-hybridized carbons (Fsp3) is 0.625. The predicted octanol–water partition coefficient (Wildman–Crippen LogP) is 3.45. The zero-order valence-electron chi connectivity index (χ0n) is 12.8. The number of halogens is 1. The second-order valence-corrected chi connectivity index (χ2v) is 5.46. The maximum absolute atomic E-state index is 13.9. The van der Waals surface area contributed by atoms with E-state index in [4.69, 9.17) is 0 Å². The summed E-state index contributed by atoms with van der Waals surface area (Å²) in [5.41, 5.74) is 0.759. The van der Waals surface area contributed by atoms with Gasteiger partial charge < -0.3 is 10.2 Å². The summed E-state index contributed by atoms with van der Waals surface area (Å²) in [5.74, 6) is 0.223. The van der Waals surface area contributed by atoms with Gasteiger partial charge in [-0.2, -0.15) is 0 Å². The zero-order valence-corrected chi connectivity index (χ0v) is 12.8. The van der Waals surface area contributed by atoms with E-state index in [2.05, 4.69) is 38.0 Å². The van der Waals surface area contributed by atoms with E-state index in [1.165, 1.54) is 6.07 Å². The third kappa shape index (κ3) is 4.29. The largest absolute Gasteiger partial charge is 0.313 e. The van der Waals surface area contributed by atoms with Crippen LogP contribution in [0, 0.1) is 11.7 Å². The molecule has 0 saturated carbocycles. The Hall–Kier alpha value is -0.930. The minimum atomic E-state index is -0.125. The number of nitrogens with one attached hydrogen (secondary N) is 1. The van der Waals surface area contributed by atoms with Gasteiger partial charge in [0.15, 0.2) is 0 Å². The van der Waals surface area contributed by atoms with Crippen LogP contribution >= 0.6 is 0 Å². The van der Waals surface area contributed by atoms with E-state index in [-0.39, 0.29) is 11.9 Å². The first-order chi connectivity index (χ1) is 9.01. The Kier molecular flexibility index (Phi) is 6.46. The Labute approximate surface area is 117 Å². The summed E-state index contributed by atoms with van der Waals surface area (Å²) < 4.78 is 13.9. The van der Waals surface area contributed by atoms with Crippen LogP contribution in [0.2, 0.25) is 0 Å². The highest BCUT2D eigenvalue weighted by Gasteiger charge is 2.22. The Morgan fingerprint density at radius 3 is 2.42 bits per heavy atom. The minimum absolute atomic E-state index is 0.0488. The number of hydrogen-bond acceptors (Lipinski definition) is 2. The van der Waals surface area contributed by atoms with E-state index in [1.54, 1.807) is 6.07 Å². The van der Waals surface area contributed by atoms with Gasteiger partial charge in [0.05, 0.1) is 0 Å². The quantitative estimate of drug-likeness (QED) is 0.813. The van der Waals surface area contributed by atoms with Gasteiger partial charge in [0, 0.05) is 24.2 Å². The third-order valence-electron chi connectivity index (χ3n) is 4.04. The van der Waals surface area contributed by atoms with Crippen LogP contribution in [0.5, 0.6) is 0 Å². The highest BCUT2D eigenvalue weighted by molar-refractivity contribution is 5.21. The second-order valence-electron chi connectivity index (χ2n) is 5.46. The summed E-state index contributed by atoms with van der Waals surface area (Å²) in [6.07, 6.45) is 1.13. The van der Waals surface area contributed by atoms with Crippen LogP contribution in [0.15, 0.2) is 24.3 Å². The van der Waals surface area contributed by atoms with Gasteiger partial charge in [-0.05, 0) is 39.4 Å². The van der Waals surface area contributed by atoms with Gasteiger partial charge in [0.25, 0.3) is 0 Å². The highest BCUT2D eigenvalue weighted by atomic mass is 19.1. The summed E-state index contributed by atoms with van der Waals surface area (Å²) in [4.78, 5) is 2.34. The SMILES string of the molecule is CCC(C)N(C)CC(C)C(NC)c1ccccc1F. The smallest absolute Gasteiger partial charge is 0.127 e. The molecule has 1 rings (SSSR count). The van der Waals surface area contributed by atoms with Crippen molar-refractivity contribution in [1.82, 2.24) is 10.2 Å². The summed E-state index contributed by atoms with van der Waals surface area (Å²) in [5, 5.41) is 3.25. The second kappa shape index (κ2) is 7.61. The zero-order chi connectivity index (χ0) is 14.4. The Balaban J connectivity index is 2.78. The lowest BCUT2D eigenvalue weighted by molar-refractivity contribution is 0.198. The van der Waals surface area contributed by atoms with Crippen molar-refractivity contribution in [1.29, 1.82) is 0 Å². The van der Waals surface area contributed by atoms with Crippen molar-refractivity contribution in [3.63, 3.8) is 0 Å². The highest BCUT2D eigenvalue weighted by Crippen LogP contribution is 2.25. The first-order valence-corrected chi connectivity index (χ1v) is 7.13. The topological polar surface area (TPSA) is 15.3 Å². The van der Waals surface area contributed by atoms with E-state index in [1.807, 2.05) is 19.2 Å². The molecule has 0 heterocycles.